The summed E-state index contributed by atoms with van der Waals surface area (Å²) in [6, 6.07) is 7.82. The molecule has 4 heteroatoms. The second kappa shape index (κ2) is 6.37. The van der Waals surface area contributed by atoms with E-state index < -0.39 is 0 Å². The average molecular weight is 196 g/mol. The first kappa shape index (κ1) is 11.0. The van der Waals surface area contributed by atoms with E-state index in [1.807, 2.05) is 24.3 Å². The van der Waals surface area contributed by atoms with Gasteiger partial charge in [-0.15, -0.1) is 0 Å². The minimum atomic E-state index is 0.135. The van der Waals surface area contributed by atoms with Gasteiger partial charge >= 0.3 is 0 Å². The summed E-state index contributed by atoms with van der Waals surface area (Å²) in [7, 11) is 1.65. The fourth-order valence-electron chi connectivity index (χ4n) is 1.05. The first-order valence-corrected chi connectivity index (χ1v) is 4.56. The molecule has 4 nitrogen and oxygen atoms in total. The first-order valence-electron chi connectivity index (χ1n) is 4.56. The second-order valence-electron chi connectivity index (χ2n) is 2.85. The molecule has 0 unspecified atom stereocenters. The van der Waals surface area contributed by atoms with E-state index in [1.165, 1.54) is 0 Å². The number of nitrogens with one attached hydrogen (secondary N) is 2. The van der Waals surface area contributed by atoms with Gasteiger partial charge in [-0.25, -0.2) is 0 Å². The molecule has 0 spiro atoms. The Bertz CT molecular complexity index is 249. The van der Waals surface area contributed by atoms with Gasteiger partial charge in [-0.05, 0) is 17.7 Å². The van der Waals surface area contributed by atoms with Gasteiger partial charge in [0.15, 0.2) is 0 Å². The Morgan fingerprint density at radius 1 is 1.21 bits per heavy atom. The molecular weight excluding hydrogens is 180 g/mol. The molecule has 78 valence electrons. The molecule has 0 radical (unpaired) electrons. The molecule has 0 aliphatic carbocycles. The van der Waals surface area contributed by atoms with Crippen molar-refractivity contribution >= 4 is 0 Å². The third kappa shape index (κ3) is 3.74. The van der Waals surface area contributed by atoms with E-state index >= 15 is 0 Å². The van der Waals surface area contributed by atoms with E-state index in [1.54, 1.807) is 7.11 Å². The van der Waals surface area contributed by atoms with Gasteiger partial charge in [-0.1, -0.05) is 12.1 Å². The van der Waals surface area contributed by atoms with E-state index in [9.17, 15) is 0 Å². The SMILES string of the molecule is COc1ccc(CNNCCO)cc1. The van der Waals surface area contributed by atoms with Gasteiger partial charge in [0.1, 0.15) is 5.75 Å². The largest absolute Gasteiger partial charge is 0.497 e. The number of hydrogen-bond acceptors (Lipinski definition) is 4. The summed E-state index contributed by atoms with van der Waals surface area (Å²) in [5.74, 6) is 0.858. The molecule has 1 aromatic rings. The van der Waals surface area contributed by atoms with Crippen molar-refractivity contribution in [3.8, 4) is 5.75 Å². The number of aliphatic hydroxyl groups excluding tert-OH is 1. The molecule has 3 N–H and O–H groups in total. The van der Waals surface area contributed by atoms with Crippen molar-refractivity contribution in [2.24, 2.45) is 0 Å². The Morgan fingerprint density at radius 2 is 1.93 bits per heavy atom. The Kier molecular flexibility index (Phi) is 4.99. The Morgan fingerprint density at radius 3 is 2.50 bits per heavy atom. The molecule has 14 heavy (non-hydrogen) atoms. The smallest absolute Gasteiger partial charge is 0.118 e. The minimum Gasteiger partial charge on any atom is -0.497 e. The van der Waals surface area contributed by atoms with Gasteiger partial charge in [0, 0.05) is 13.1 Å². The predicted molar refractivity (Wildman–Crippen MR) is 54.9 cm³/mol. The molecular formula is C10H16N2O2. The lowest BCUT2D eigenvalue weighted by Gasteiger charge is -2.06. The first-order chi connectivity index (χ1) is 6.86. The van der Waals surface area contributed by atoms with E-state index in [2.05, 4.69) is 10.9 Å². The van der Waals surface area contributed by atoms with Crippen LogP contribution in [0.2, 0.25) is 0 Å². The minimum absolute atomic E-state index is 0.135. The summed E-state index contributed by atoms with van der Waals surface area (Å²) < 4.78 is 5.04. The predicted octanol–water partition coefficient (Wildman–Crippen LogP) is 0.282. The van der Waals surface area contributed by atoms with Gasteiger partial charge in [0.25, 0.3) is 0 Å². The van der Waals surface area contributed by atoms with Crippen LogP contribution < -0.4 is 15.6 Å². The van der Waals surface area contributed by atoms with Crippen LogP contribution in [0, 0.1) is 0 Å². The van der Waals surface area contributed by atoms with Crippen molar-refractivity contribution in [2.45, 2.75) is 6.54 Å². The van der Waals surface area contributed by atoms with E-state index in [0.29, 0.717) is 6.54 Å². The number of methoxy groups -OCH3 is 1. The van der Waals surface area contributed by atoms with Crippen LogP contribution in [0.5, 0.6) is 5.75 Å². The topological polar surface area (TPSA) is 53.5 Å². The number of aliphatic hydroxyl groups is 1. The molecule has 0 bridgehead atoms. The fourth-order valence-corrected chi connectivity index (χ4v) is 1.05. The molecule has 0 aliphatic rings. The van der Waals surface area contributed by atoms with Gasteiger partial charge in [0.05, 0.1) is 13.7 Å². The lowest BCUT2D eigenvalue weighted by Crippen LogP contribution is -2.33. The maximum Gasteiger partial charge on any atom is 0.118 e. The lowest BCUT2D eigenvalue weighted by molar-refractivity contribution is 0.283. The van der Waals surface area contributed by atoms with Crippen LogP contribution in [0.3, 0.4) is 0 Å². The normalized spacial score (nSPS) is 10.1. The van der Waals surface area contributed by atoms with Crippen molar-refractivity contribution in [3.63, 3.8) is 0 Å². The van der Waals surface area contributed by atoms with Crippen LogP contribution in [0.25, 0.3) is 0 Å². The number of benzene rings is 1. The summed E-state index contributed by atoms with van der Waals surface area (Å²) >= 11 is 0. The number of ether oxygens (including phenoxy) is 1. The summed E-state index contributed by atoms with van der Waals surface area (Å²) in [5, 5.41) is 8.51. The monoisotopic (exact) mass is 196 g/mol. The zero-order chi connectivity index (χ0) is 10.2. The molecule has 0 amide bonds. The molecule has 0 saturated heterocycles. The van der Waals surface area contributed by atoms with E-state index in [-0.39, 0.29) is 6.61 Å². The molecule has 0 saturated carbocycles. The highest BCUT2D eigenvalue weighted by Crippen LogP contribution is 2.10. The highest BCUT2D eigenvalue weighted by molar-refractivity contribution is 5.26. The summed E-state index contributed by atoms with van der Waals surface area (Å²) in [6.07, 6.45) is 0. The molecule has 0 heterocycles. The number of hydrogen-bond donors (Lipinski definition) is 3. The van der Waals surface area contributed by atoms with Crippen LogP contribution in [0.4, 0.5) is 0 Å². The van der Waals surface area contributed by atoms with Gasteiger partial charge in [-0.2, -0.15) is 0 Å². The maximum absolute atomic E-state index is 8.51. The molecule has 1 rings (SSSR count). The maximum atomic E-state index is 8.51. The second-order valence-corrected chi connectivity index (χ2v) is 2.85. The third-order valence-electron chi connectivity index (χ3n) is 1.81. The summed E-state index contributed by atoms with van der Waals surface area (Å²) in [6.45, 7) is 1.41. The van der Waals surface area contributed by atoms with Gasteiger partial charge in [0.2, 0.25) is 0 Å². The van der Waals surface area contributed by atoms with Crippen LogP contribution in [0.15, 0.2) is 24.3 Å². The Balaban J connectivity index is 2.29. The van der Waals surface area contributed by atoms with Crippen LogP contribution in [-0.2, 0) is 6.54 Å². The third-order valence-corrected chi connectivity index (χ3v) is 1.81. The highest BCUT2D eigenvalue weighted by Gasteiger charge is 1.93. The number of rotatable bonds is 6. The van der Waals surface area contributed by atoms with Crippen LogP contribution in [0.1, 0.15) is 5.56 Å². The van der Waals surface area contributed by atoms with Crippen LogP contribution in [-0.4, -0.2) is 25.4 Å². The zero-order valence-corrected chi connectivity index (χ0v) is 8.29. The molecule has 1 aromatic carbocycles. The quantitative estimate of drug-likeness (QED) is 0.452. The molecule has 0 aliphatic heterocycles. The van der Waals surface area contributed by atoms with E-state index in [0.717, 1.165) is 17.9 Å². The summed E-state index contributed by atoms with van der Waals surface area (Å²) in [5.41, 5.74) is 7.03. The summed E-state index contributed by atoms with van der Waals surface area (Å²) in [4.78, 5) is 0. The van der Waals surface area contributed by atoms with Gasteiger partial charge < -0.3 is 9.84 Å². The average Bonchev–Trinajstić information content (AvgIpc) is 2.25. The van der Waals surface area contributed by atoms with E-state index in [4.69, 9.17) is 9.84 Å². The van der Waals surface area contributed by atoms with Crippen molar-refractivity contribution in [2.75, 3.05) is 20.3 Å². The van der Waals surface area contributed by atoms with Crippen molar-refractivity contribution in [3.05, 3.63) is 29.8 Å². The fraction of sp³-hybridized carbons (Fsp3) is 0.400. The highest BCUT2D eigenvalue weighted by atomic mass is 16.5. The van der Waals surface area contributed by atoms with Crippen molar-refractivity contribution in [1.29, 1.82) is 0 Å². The standard InChI is InChI=1S/C10H16N2O2/c1-14-10-4-2-9(3-5-10)8-12-11-6-7-13/h2-5,11-13H,6-8H2,1H3. The van der Waals surface area contributed by atoms with Crippen molar-refractivity contribution in [1.82, 2.24) is 10.9 Å². The molecule has 0 fully saturated rings. The van der Waals surface area contributed by atoms with Gasteiger partial charge in [-0.3, -0.25) is 10.9 Å². The molecule has 0 atom stereocenters. The zero-order valence-electron chi connectivity index (χ0n) is 8.29. The van der Waals surface area contributed by atoms with Crippen LogP contribution >= 0.6 is 0 Å². The Hall–Kier alpha value is -1.10. The van der Waals surface area contributed by atoms with Crippen molar-refractivity contribution < 1.29 is 9.84 Å². The molecule has 0 aromatic heterocycles. The lowest BCUT2D eigenvalue weighted by atomic mass is 10.2. The number of hydrazine groups is 1. The Labute approximate surface area is 83.9 Å².